The molecule has 0 saturated carbocycles. The Morgan fingerprint density at radius 3 is 2.32 bits per heavy atom. The molecule has 0 amide bonds. The summed E-state index contributed by atoms with van der Waals surface area (Å²) in [6.07, 6.45) is 0.459. The van der Waals surface area contributed by atoms with Crippen LogP contribution in [0.3, 0.4) is 0 Å². The molecule has 1 aliphatic heterocycles. The van der Waals surface area contributed by atoms with Gasteiger partial charge in [-0.1, -0.05) is 26.0 Å². The molecule has 0 radical (unpaired) electrons. The van der Waals surface area contributed by atoms with Gasteiger partial charge >= 0.3 is 11.9 Å². The number of nitro groups is 1. The second kappa shape index (κ2) is 7.31. The highest BCUT2D eigenvalue weighted by Crippen LogP contribution is 2.58. The summed E-state index contributed by atoms with van der Waals surface area (Å²) < 4.78 is 0. The number of rotatable bonds is 6. The fraction of sp³-hybridized carbons (Fsp3) is 0.526. The number of carboxylic acids is 2. The SMILES string of the molecule is CC(C)[C@]1(C(=O)O)[C@H](C)N[C@H](C=O)[C@](C)(C(=O)O)[C@H]1c1cccc([N+](=O)[O-])c1. The Kier molecular flexibility index (Phi) is 5.61. The van der Waals surface area contributed by atoms with Gasteiger partial charge in [0.15, 0.2) is 0 Å². The summed E-state index contributed by atoms with van der Waals surface area (Å²) in [5.74, 6) is -4.31. The van der Waals surface area contributed by atoms with Gasteiger partial charge in [0.05, 0.1) is 21.8 Å². The van der Waals surface area contributed by atoms with Gasteiger partial charge in [0.2, 0.25) is 0 Å². The normalized spacial score (nSPS) is 32.7. The van der Waals surface area contributed by atoms with E-state index in [1.165, 1.54) is 31.2 Å². The highest BCUT2D eigenvalue weighted by Gasteiger charge is 2.67. The van der Waals surface area contributed by atoms with Crippen LogP contribution in [0.5, 0.6) is 0 Å². The summed E-state index contributed by atoms with van der Waals surface area (Å²) in [6, 6.07) is 3.39. The predicted octanol–water partition coefficient (Wildman–Crippen LogP) is 2.06. The van der Waals surface area contributed by atoms with Crippen molar-refractivity contribution in [2.24, 2.45) is 16.7 Å². The van der Waals surface area contributed by atoms with Crippen molar-refractivity contribution in [3.8, 4) is 0 Å². The van der Waals surface area contributed by atoms with Crippen molar-refractivity contribution in [3.63, 3.8) is 0 Å². The largest absolute Gasteiger partial charge is 0.481 e. The Labute approximate surface area is 161 Å². The Morgan fingerprint density at radius 2 is 1.89 bits per heavy atom. The van der Waals surface area contributed by atoms with Gasteiger partial charge in [0, 0.05) is 24.1 Å². The molecule has 2 rings (SSSR count). The van der Waals surface area contributed by atoms with Crippen molar-refractivity contribution >= 4 is 23.9 Å². The molecule has 1 aromatic rings. The lowest BCUT2D eigenvalue weighted by Crippen LogP contribution is -2.71. The average molecular weight is 392 g/mol. The maximum atomic E-state index is 12.6. The molecule has 152 valence electrons. The number of aldehydes is 1. The van der Waals surface area contributed by atoms with E-state index in [9.17, 15) is 34.7 Å². The number of carbonyl (C=O) groups is 3. The van der Waals surface area contributed by atoms with Crippen LogP contribution < -0.4 is 5.32 Å². The zero-order valence-electron chi connectivity index (χ0n) is 16.1. The maximum absolute atomic E-state index is 12.6. The molecule has 1 heterocycles. The molecule has 0 aromatic heterocycles. The number of carboxylic acid groups (broad SMARTS) is 2. The van der Waals surface area contributed by atoms with Crippen LogP contribution in [-0.2, 0) is 14.4 Å². The van der Waals surface area contributed by atoms with Gasteiger partial charge in [0.25, 0.3) is 5.69 Å². The zero-order valence-corrected chi connectivity index (χ0v) is 16.1. The van der Waals surface area contributed by atoms with Crippen LogP contribution in [0.25, 0.3) is 0 Å². The van der Waals surface area contributed by atoms with Gasteiger partial charge in [-0.05, 0) is 25.3 Å². The van der Waals surface area contributed by atoms with Crippen molar-refractivity contribution in [2.75, 3.05) is 0 Å². The summed E-state index contributed by atoms with van der Waals surface area (Å²) in [6.45, 7) is 6.24. The van der Waals surface area contributed by atoms with Gasteiger partial charge in [-0.2, -0.15) is 0 Å². The molecule has 1 fully saturated rings. The van der Waals surface area contributed by atoms with Gasteiger partial charge in [-0.3, -0.25) is 19.7 Å². The number of hydrogen-bond donors (Lipinski definition) is 3. The molecule has 0 aliphatic carbocycles. The first-order valence-electron chi connectivity index (χ1n) is 8.88. The first-order valence-corrected chi connectivity index (χ1v) is 8.88. The molecule has 9 nitrogen and oxygen atoms in total. The summed E-state index contributed by atoms with van der Waals surface area (Å²) in [5, 5.41) is 34.4. The van der Waals surface area contributed by atoms with E-state index < -0.39 is 51.6 Å². The lowest BCUT2D eigenvalue weighted by Gasteiger charge is -2.57. The topological polar surface area (TPSA) is 147 Å². The Bertz CT molecular complexity index is 824. The van der Waals surface area contributed by atoms with Crippen molar-refractivity contribution in [3.05, 3.63) is 39.9 Å². The number of aliphatic carboxylic acids is 2. The third-order valence-electron chi connectivity index (χ3n) is 6.21. The lowest BCUT2D eigenvalue weighted by molar-refractivity contribution is -0.385. The summed E-state index contributed by atoms with van der Waals surface area (Å²) in [7, 11) is 0. The van der Waals surface area contributed by atoms with Crippen molar-refractivity contribution < 1.29 is 29.5 Å². The molecule has 9 heteroatoms. The van der Waals surface area contributed by atoms with Crippen LogP contribution in [0.1, 0.15) is 39.2 Å². The average Bonchev–Trinajstić information content (AvgIpc) is 2.61. The molecule has 0 unspecified atom stereocenters. The van der Waals surface area contributed by atoms with E-state index >= 15 is 0 Å². The van der Waals surface area contributed by atoms with E-state index in [0.29, 0.717) is 6.29 Å². The number of nitro benzene ring substituents is 1. The molecular formula is C19H24N2O7. The van der Waals surface area contributed by atoms with E-state index in [-0.39, 0.29) is 11.3 Å². The first kappa shape index (κ1) is 21.5. The quantitative estimate of drug-likeness (QED) is 0.379. The Morgan fingerprint density at radius 1 is 1.29 bits per heavy atom. The van der Waals surface area contributed by atoms with Crippen LogP contribution in [0, 0.1) is 26.9 Å². The minimum absolute atomic E-state index is 0.204. The lowest BCUT2D eigenvalue weighted by atomic mass is 9.49. The first-order chi connectivity index (χ1) is 12.9. The molecule has 1 saturated heterocycles. The van der Waals surface area contributed by atoms with E-state index in [2.05, 4.69) is 5.32 Å². The van der Waals surface area contributed by atoms with E-state index in [1.54, 1.807) is 20.8 Å². The fourth-order valence-electron chi connectivity index (χ4n) is 4.77. The summed E-state index contributed by atoms with van der Waals surface area (Å²) in [4.78, 5) is 47.3. The smallest absolute Gasteiger partial charge is 0.312 e. The number of nitrogens with one attached hydrogen (secondary N) is 1. The number of carbonyl (C=O) groups excluding carboxylic acids is 1. The standard InChI is InChI=1S/C19H24N2O7/c1-10(2)19(17(25)26)11(3)20-14(9-22)18(4,16(23)24)15(19)12-6-5-7-13(8-12)21(27)28/h5-11,14-15,20H,1-4H3,(H,23,24)(H,25,26)/t11-,14+,15+,18-,19-/m0/s1. The van der Waals surface area contributed by atoms with E-state index in [0.717, 1.165) is 0 Å². The number of benzene rings is 1. The minimum atomic E-state index is -1.84. The molecule has 1 aliphatic rings. The second-order valence-electron chi connectivity index (χ2n) is 7.77. The Balaban J connectivity index is 2.94. The highest BCUT2D eigenvalue weighted by molar-refractivity contribution is 5.87. The second-order valence-corrected chi connectivity index (χ2v) is 7.77. The summed E-state index contributed by atoms with van der Waals surface area (Å²) >= 11 is 0. The predicted molar refractivity (Wildman–Crippen MR) is 98.9 cm³/mol. The van der Waals surface area contributed by atoms with Crippen LogP contribution in [0.2, 0.25) is 0 Å². The third-order valence-corrected chi connectivity index (χ3v) is 6.21. The Hall–Kier alpha value is -2.81. The van der Waals surface area contributed by atoms with Crippen LogP contribution in [-0.4, -0.2) is 45.4 Å². The monoisotopic (exact) mass is 392 g/mol. The molecule has 28 heavy (non-hydrogen) atoms. The molecule has 1 aromatic carbocycles. The molecule has 5 atom stereocenters. The van der Waals surface area contributed by atoms with Gasteiger partial charge in [-0.15, -0.1) is 0 Å². The molecule has 0 spiro atoms. The van der Waals surface area contributed by atoms with Crippen LogP contribution >= 0.6 is 0 Å². The van der Waals surface area contributed by atoms with Crippen LogP contribution in [0.4, 0.5) is 5.69 Å². The molecule has 3 N–H and O–H groups in total. The van der Waals surface area contributed by atoms with Crippen molar-refractivity contribution in [1.82, 2.24) is 5.32 Å². The minimum Gasteiger partial charge on any atom is -0.481 e. The molecule has 0 bridgehead atoms. The highest BCUT2D eigenvalue weighted by atomic mass is 16.6. The van der Waals surface area contributed by atoms with Gasteiger partial charge < -0.3 is 20.3 Å². The van der Waals surface area contributed by atoms with E-state index in [4.69, 9.17) is 0 Å². The number of hydrogen-bond acceptors (Lipinski definition) is 6. The van der Waals surface area contributed by atoms with Gasteiger partial charge in [0.1, 0.15) is 6.29 Å². The summed E-state index contributed by atoms with van der Waals surface area (Å²) in [5.41, 5.74) is -3.54. The third kappa shape index (κ3) is 2.86. The number of piperidine rings is 1. The van der Waals surface area contributed by atoms with Crippen molar-refractivity contribution in [1.29, 1.82) is 0 Å². The van der Waals surface area contributed by atoms with Crippen molar-refractivity contribution in [2.45, 2.75) is 45.7 Å². The fourth-order valence-corrected chi connectivity index (χ4v) is 4.77. The molecular weight excluding hydrogens is 368 g/mol. The van der Waals surface area contributed by atoms with Gasteiger partial charge in [-0.25, -0.2) is 0 Å². The van der Waals surface area contributed by atoms with Crippen LogP contribution in [0.15, 0.2) is 24.3 Å². The number of nitrogens with zero attached hydrogens (tertiary/aromatic N) is 1. The zero-order chi connectivity index (χ0) is 21.4. The van der Waals surface area contributed by atoms with E-state index in [1.807, 2.05) is 0 Å². The maximum Gasteiger partial charge on any atom is 0.312 e. The number of non-ortho nitro benzene ring substituents is 1.